The first-order valence-corrected chi connectivity index (χ1v) is 7.67. The molecule has 0 saturated carbocycles. The second-order valence-electron chi connectivity index (χ2n) is 5.37. The van der Waals surface area contributed by atoms with E-state index in [2.05, 4.69) is 13.2 Å². The molecular formula is C16H26O6. The van der Waals surface area contributed by atoms with Gasteiger partial charge in [0.05, 0.1) is 52.9 Å². The van der Waals surface area contributed by atoms with Gasteiger partial charge < -0.3 is 28.4 Å². The standard InChI is InChI=1S/2C6H10O3.C4H6/c2*1(5-3-8-5)7-2-6-4-9-6;1-3-4-2/h2*5-6H,1-4H2;3-4H,1-2H2. The van der Waals surface area contributed by atoms with E-state index in [1.807, 2.05) is 0 Å². The van der Waals surface area contributed by atoms with E-state index in [0.29, 0.717) is 24.4 Å². The summed E-state index contributed by atoms with van der Waals surface area (Å²) >= 11 is 0. The van der Waals surface area contributed by atoms with E-state index >= 15 is 0 Å². The molecule has 4 unspecified atom stereocenters. The minimum absolute atomic E-state index is 0.392. The Hall–Kier alpha value is -0.760. The number of allylic oxidation sites excluding steroid dienone is 2. The van der Waals surface area contributed by atoms with Crippen LogP contribution in [0.3, 0.4) is 0 Å². The van der Waals surface area contributed by atoms with Gasteiger partial charge in [-0.2, -0.15) is 0 Å². The molecule has 4 rings (SSSR count). The van der Waals surface area contributed by atoms with Crippen LogP contribution in [-0.4, -0.2) is 77.3 Å². The summed E-state index contributed by atoms with van der Waals surface area (Å²) in [4.78, 5) is 0. The van der Waals surface area contributed by atoms with Crippen molar-refractivity contribution in [2.24, 2.45) is 0 Å². The normalized spacial score (nSPS) is 32.5. The zero-order chi connectivity index (χ0) is 15.6. The highest BCUT2D eigenvalue weighted by Crippen LogP contribution is 2.13. The summed E-state index contributed by atoms with van der Waals surface area (Å²) in [5, 5.41) is 0. The minimum Gasteiger partial charge on any atom is -0.376 e. The van der Waals surface area contributed by atoms with Gasteiger partial charge in [0, 0.05) is 0 Å². The van der Waals surface area contributed by atoms with E-state index in [0.717, 1.165) is 52.9 Å². The predicted octanol–water partition coefficient (Wildman–Crippen LogP) is 0.960. The van der Waals surface area contributed by atoms with Gasteiger partial charge in [0.1, 0.15) is 24.4 Å². The third-order valence-electron chi connectivity index (χ3n) is 2.99. The maximum atomic E-state index is 5.23. The molecule has 0 bridgehead atoms. The van der Waals surface area contributed by atoms with Gasteiger partial charge in [0.15, 0.2) is 0 Å². The molecule has 4 aliphatic rings. The van der Waals surface area contributed by atoms with Crippen LogP contribution in [0.25, 0.3) is 0 Å². The lowest BCUT2D eigenvalue weighted by atomic mass is 10.5. The van der Waals surface area contributed by atoms with Crippen LogP contribution >= 0.6 is 0 Å². The van der Waals surface area contributed by atoms with Crippen molar-refractivity contribution >= 4 is 0 Å². The van der Waals surface area contributed by atoms with Gasteiger partial charge in [-0.1, -0.05) is 25.3 Å². The molecule has 6 nitrogen and oxygen atoms in total. The lowest BCUT2D eigenvalue weighted by Gasteiger charge is -1.95. The van der Waals surface area contributed by atoms with Gasteiger partial charge in [0.2, 0.25) is 0 Å². The summed E-state index contributed by atoms with van der Waals surface area (Å²) in [6, 6.07) is 0. The molecule has 4 heterocycles. The van der Waals surface area contributed by atoms with Gasteiger partial charge in [-0.15, -0.1) is 0 Å². The second-order valence-corrected chi connectivity index (χ2v) is 5.37. The van der Waals surface area contributed by atoms with Crippen LogP contribution in [0.15, 0.2) is 25.3 Å². The first kappa shape index (κ1) is 17.6. The fraction of sp³-hybridized carbons (Fsp3) is 0.750. The molecule has 0 aliphatic carbocycles. The van der Waals surface area contributed by atoms with Crippen LogP contribution in [0.1, 0.15) is 0 Å². The number of epoxide rings is 4. The fourth-order valence-corrected chi connectivity index (χ4v) is 1.32. The molecule has 4 saturated heterocycles. The molecule has 0 aromatic carbocycles. The van der Waals surface area contributed by atoms with Crippen LogP contribution in [0, 0.1) is 0 Å². The van der Waals surface area contributed by atoms with E-state index in [1.165, 1.54) is 0 Å². The van der Waals surface area contributed by atoms with E-state index in [9.17, 15) is 0 Å². The predicted molar refractivity (Wildman–Crippen MR) is 81.0 cm³/mol. The summed E-state index contributed by atoms with van der Waals surface area (Å²) < 4.78 is 30.2. The van der Waals surface area contributed by atoms with Gasteiger partial charge in [0.25, 0.3) is 0 Å². The van der Waals surface area contributed by atoms with Crippen molar-refractivity contribution in [3.05, 3.63) is 25.3 Å². The number of ether oxygens (including phenoxy) is 6. The molecule has 0 aromatic rings. The zero-order valence-corrected chi connectivity index (χ0v) is 13.0. The molecule has 0 aromatic heterocycles. The van der Waals surface area contributed by atoms with Crippen LogP contribution in [-0.2, 0) is 28.4 Å². The number of hydrogen-bond acceptors (Lipinski definition) is 6. The Bertz CT molecular complexity index is 263. The lowest BCUT2D eigenvalue weighted by molar-refractivity contribution is 0.102. The quantitative estimate of drug-likeness (QED) is 0.466. The molecule has 0 amide bonds. The Kier molecular flexibility index (Phi) is 8.07. The first-order chi connectivity index (χ1) is 10.8. The Morgan fingerprint density at radius 2 is 0.864 bits per heavy atom. The highest BCUT2D eigenvalue weighted by Gasteiger charge is 2.27. The van der Waals surface area contributed by atoms with E-state index in [1.54, 1.807) is 12.2 Å². The smallest absolute Gasteiger partial charge is 0.104 e. The first-order valence-electron chi connectivity index (χ1n) is 7.67. The maximum Gasteiger partial charge on any atom is 0.104 e. The van der Waals surface area contributed by atoms with Crippen LogP contribution in [0.5, 0.6) is 0 Å². The third kappa shape index (κ3) is 10.9. The molecule has 6 heteroatoms. The van der Waals surface area contributed by atoms with Crippen molar-refractivity contribution in [1.29, 1.82) is 0 Å². The van der Waals surface area contributed by atoms with Crippen molar-refractivity contribution in [1.82, 2.24) is 0 Å². The summed E-state index contributed by atoms with van der Waals surface area (Å²) in [7, 11) is 0. The highest BCUT2D eigenvalue weighted by atomic mass is 16.6. The molecule has 0 spiro atoms. The third-order valence-corrected chi connectivity index (χ3v) is 2.99. The van der Waals surface area contributed by atoms with Gasteiger partial charge >= 0.3 is 0 Å². The fourth-order valence-electron chi connectivity index (χ4n) is 1.32. The SMILES string of the molecule is C(OCC1CO1)C1CO1.C(OCC1CO1)C1CO1.C=CC=C. The molecule has 22 heavy (non-hydrogen) atoms. The summed E-state index contributed by atoms with van der Waals surface area (Å²) in [5.41, 5.74) is 0. The molecular weight excluding hydrogens is 288 g/mol. The molecule has 0 radical (unpaired) electrons. The topological polar surface area (TPSA) is 68.6 Å². The van der Waals surface area contributed by atoms with Crippen LogP contribution in [0.4, 0.5) is 0 Å². The number of hydrogen-bond donors (Lipinski definition) is 0. The second kappa shape index (κ2) is 10.1. The Balaban J connectivity index is 0.000000131. The Morgan fingerprint density at radius 3 is 1.00 bits per heavy atom. The van der Waals surface area contributed by atoms with Crippen LogP contribution < -0.4 is 0 Å². The van der Waals surface area contributed by atoms with Crippen LogP contribution in [0.2, 0.25) is 0 Å². The van der Waals surface area contributed by atoms with E-state index < -0.39 is 0 Å². The monoisotopic (exact) mass is 314 g/mol. The van der Waals surface area contributed by atoms with Gasteiger partial charge in [-0.3, -0.25) is 0 Å². The average Bonchev–Trinajstić information content (AvgIpc) is 3.39. The van der Waals surface area contributed by atoms with Crippen molar-refractivity contribution in [2.45, 2.75) is 24.4 Å². The van der Waals surface area contributed by atoms with Crippen molar-refractivity contribution in [2.75, 3.05) is 52.9 Å². The van der Waals surface area contributed by atoms with Gasteiger partial charge in [-0.05, 0) is 0 Å². The van der Waals surface area contributed by atoms with E-state index in [-0.39, 0.29) is 0 Å². The van der Waals surface area contributed by atoms with Gasteiger partial charge in [-0.25, -0.2) is 0 Å². The zero-order valence-electron chi connectivity index (χ0n) is 13.0. The molecule has 4 fully saturated rings. The lowest BCUT2D eigenvalue weighted by Crippen LogP contribution is -2.06. The molecule has 0 N–H and O–H groups in total. The van der Waals surface area contributed by atoms with E-state index in [4.69, 9.17) is 28.4 Å². The molecule has 126 valence electrons. The number of rotatable bonds is 9. The van der Waals surface area contributed by atoms with Crippen molar-refractivity contribution in [3.63, 3.8) is 0 Å². The maximum absolute atomic E-state index is 5.23. The summed E-state index contributed by atoms with van der Waals surface area (Å²) in [5.74, 6) is 0. The minimum atomic E-state index is 0.392. The van der Waals surface area contributed by atoms with Crippen molar-refractivity contribution < 1.29 is 28.4 Å². The molecule has 4 atom stereocenters. The Morgan fingerprint density at radius 1 is 0.636 bits per heavy atom. The average molecular weight is 314 g/mol. The molecule has 4 aliphatic heterocycles. The largest absolute Gasteiger partial charge is 0.376 e. The van der Waals surface area contributed by atoms with Crippen molar-refractivity contribution in [3.8, 4) is 0 Å². The summed E-state index contributed by atoms with van der Waals surface area (Å²) in [6.45, 7) is 13.2. The Labute approximate surface area is 132 Å². The highest BCUT2D eigenvalue weighted by molar-refractivity contribution is 4.88. The summed E-state index contributed by atoms with van der Waals surface area (Å²) in [6.07, 6.45) is 4.85.